The Balaban J connectivity index is 1.97. The molecule has 1 aliphatic heterocycles. The van der Waals surface area contributed by atoms with Gasteiger partial charge in [0.15, 0.2) is 0 Å². The molecule has 3 amide bonds. The molecule has 1 aromatic rings. The number of nitrogens with one attached hydrogen (secondary N) is 2. The third-order valence-electron chi connectivity index (χ3n) is 3.88. The zero-order valence-electron chi connectivity index (χ0n) is 14.2. The first kappa shape index (κ1) is 18.3. The van der Waals surface area contributed by atoms with E-state index in [0.717, 1.165) is 17.0 Å². The molecule has 24 heavy (non-hydrogen) atoms. The van der Waals surface area contributed by atoms with Crippen molar-refractivity contribution in [3.63, 3.8) is 0 Å². The molecule has 2 atom stereocenters. The van der Waals surface area contributed by atoms with Gasteiger partial charge < -0.3 is 15.5 Å². The summed E-state index contributed by atoms with van der Waals surface area (Å²) in [6.45, 7) is 5.44. The van der Waals surface area contributed by atoms with Crippen molar-refractivity contribution in [3.8, 4) is 0 Å². The van der Waals surface area contributed by atoms with E-state index in [-0.39, 0.29) is 30.3 Å². The highest BCUT2D eigenvalue weighted by Crippen LogP contribution is 2.34. The number of amides is 3. The number of carbonyl (C=O) groups is 3. The number of anilines is 1. The van der Waals surface area contributed by atoms with Gasteiger partial charge in [-0.3, -0.25) is 14.4 Å². The summed E-state index contributed by atoms with van der Waals surface area (Å²) in [6, 6.07) is 6.91. The molecule has 0 spiro atoms. The van der Waals surface area contributed by atoms with Crippen molar-refractivity contribution < 1.29 is 14.4 Å². The molecule has 2 unspecified atom stereocenters. The van der Waals surface area contributed by atoms with Crippen molar-refractivity contribution in [2.75, 3.05) is 17.2 Å². The average molecular weight is 349 g/mol. The largest absolute Gasteiger partial charge is 0.352 e. The van der Waals surface area contributed by atoms with E-state index in [1.807, 2.05) is 38.1 Å². The summed E-state index contributed by atoms with van der Waals surface area (Å²) in [5.41, 5.74) is 0.741. The molecule has 2 N–H and O–H groups in total. The Morgan fingerprint density at radius 2 is 1.96 bits per heavy atom. The van der Waals surface area contributed by atoms with Gasteiger partial charge in [0.1, 0.15) is 12.6 Å². The highest BCUT2D eigenvalue weighted by Gasteiger charge is 2.27. The van der Waals surface area contributed by atoms with Crippen LogP contribution in [-0.2, 0) is 14.4 Å². The van der Waals surface area contributed by atoms with Gasteiger partial charge in [-0.15, -0.1) is 11.8 Å². The zero-order valence-corrected chi connectivity index (χ0v) is 15.0. The van der Waals surface area contributed by atoms with E-state index in [1.165, 1.54) is 16.7 Å². The van der Waals surface area contributed by atoms with Crippen LogP contribution in [-0.4, -0.2) is 42.1 Å². The molecule has 0 aliphatic carbocycles. The van der Waals surface area contributed by atoms with E-state index in [0.29, 0.717) is 5.75 Å². The van der Waals surface area contributed by atoms with Crippen molar-refractivity contribution >= 4 is 35.2 Å². The van der Waals surface area contributed by atoms with Gasteiger partial charge in [0.05, 0.1) is 11.4 Å². The van der Waals surface area contributed by atoms with Gasteiger partial charge in [0.2, 0.25) is 17.7 Å². The zero-order chi connectivity index (χ0) is 17.7. The number of hydrogen-bond acceptors (Lipinski definition) is 4. The fraction of sp³-hybridized carbons (Fsp3) is 0.471. The first-order valence-corrected chi connectivity index (χ1v) is 9.02. The second-order valence-electron chi connectivity index (χ2n) is 5.84. The first-order chi connectivity index (χ1) is 11.4. The Hall–Kier alpha value is -2.02. The second-order valence-corrected chi connectivity index (χ2v) is 6.86. The first-order valence-electron chi connectivity index (χ1n) is 8.04. The predicted molar refractivity (Wildman–Crippen MR) is 95.0 cm³/mol. The maximum atomic E-state index is 12.2. The minimum Gasteiger partial charge on any atom is -0.352 e. The van der Waals surface area contributed by atoms with E-state index in [4.69, 9.17) is 0 Å². The number of thioether (sulfide) groups is 1. The Morgan fingerprint density at radius 1 is 1.25 bits per heavy atom. The van der Waals surface area contributed by atoms with E-state index in [2.05, 4.69) is 10.6 Å². The lowest BCUT2D eigenvalue weighted by Gasteiger charge is -2.28. The third-order valence-corrected chi connectivity index (χ3v) is 4.93. The Kier molecular flexibility index (Phi) is 6.25. The van der Waals surface area contributed by atoms with Crippen LogP contribution in [0.5, 0.6) is 0 Å². The molecule has 1 heterocycles. The van der Waals surface area contributed by atoms with Gasteiger partial charge in [-0.25, -0.2) is 0 Å². The van der Waals surface area contributed by atoms with Crippen LogP contribution in [0.25, 0.3) is 0 Å². The maximum absolute atomic E-state index is 12.2. The molecule has 130 valence electrons. The molecule has 7 heteroatoms. The minimum atomic E-state index is -0.643. The highest BCUT2D eigenvalue weighted by atomic mass is 32.2. The van der Waals surface area contributed by atoms with Gasteiger partial charge >= 0.3 is 0 Å². The Bertz CT molecular complexity index is 635. The van der Waals surface area contributed by atoms with Crippen LogP contribution in [0.3, 0.4) is 0 Å². The smallest absolute Gasteiger partial charge is 0.242 e. The van der Waals surface area contributed by atoms with Crippen LogP contribution in [0, 0.1) is 0 Å². The monoisotopic (exact) mass is 349 g/mol. The van der Waals surface area contributed by atoms with Crippen LogP contribution < -0.4 is 15.5 Å². The lowest BCUT2D eigenvalue weighted by Crippen LogP contribution is -2.51. The van der Waals surface area contributed by atoms with Crippen molar-refractivity contribution in [2.24, 2.45) is 0 Å². The van der Waals surface area contributed by atoms with Crippen molar-refractivity contribution in [1.82, 2.24) is 10.6 Å². The average Bonchev–Trinajstić information content (AvgIpc) is 2.57. The number of rotatable bonds is 6. The SMILES string of the molecule is CCC(C)NC(=O)C(C)NC(=O)CN1C(=O)CSc2ccccc21. The predicted octanol–water partition coefficient (Wildman–Crippen LogP) is 1.54. The van der Waals surface area contributed by atoms with Gasteiger partial charge in [-0.05, 0) is 32.4 Å². The number of benzene rings is 1. The number of nitrogens with zero attached hydrogens (tertiary/aromatic N) is 1. The summed E-state index contributed by atoms with van der Waals surface area (Å²) in [5, 5.41) is 5.48. The van der Waals surface area contributed by atoms with Crippen LogP contribution in [0.15, 0.2) is 29.2 Å². The molecule has 0 aromatic heterocycles. The summed E-state index contributed by atoms with van der Waals surface area (Å²) in [7, 11) is 0. The van der Waals surface area contributed by atoms with Crippen LogP contribution in [0.2, 0.25) is 0 Å². The molecular weight excluding hydrogens is 326 g/mol. The summed E-state index contributed by atoms with van der Waals surface area (Å²) >= 11 is 1.47. The lowest BCUT2D eigenvalue weighted by atomic mass is 10.2. The molecule has 0 radical (unpaired) electrons. The van der Waals surface area contributed by atoms with Gasteiger partial charge in [0, 0.05) is 10.9 Å². The van der Waals surface area contributed by atoms with Crippen molar-refractivity contribution in [3.05, 3.63) is 24.3 Å². The van der Waals surface area contributed by atoms with Crippen LogP contribution in [0.1, 0.15) is 27.2 Å². The number of hydrogen-bond donors (Lipinski definition) is 2. The fourth-order valence-electron chi connectivity index (χ4n) is 2.29. The molecule has 0 fully saturated rings. The summed E-state index contributed by atoms with van der Waals surface area (Å²) in [5.74, 6) is -0.366. The van der Waals surface area contributed by atoms with Crippen LogP contribution in [0.4, 0.5) is 5.69 Å². The van der Waals surface area contributed by atoms with E-state index >= 15 is 0 Å². The molecule has 2 rings (SSSR count). The second kappa shape index (κ2) is 8.19. The van der Waals surface area contributed by atoms with Crippen molar-refractivity contribution in [1.29, 1.82) is 0 Å². The number of carbonyl (C=O) groups excluding carboxylic acids is 3. The molecule has 6 nitrogen and oxygen atoms in total. The summed E-state index contributed by atoms with van der Waals surface area (Å²) in [6.07, 6.45) is 0.823. The standard InChI is InChI=1S/C17H23N3O3S/c1-4-11(2)18-17(23)12(3)19-15(21)9-20-13-7-5-6-8-14(13)24-10-16(20)22/h5-8,11-12H,4,9-10H2,1-3H3,(H,18,23)(H,19,21). The van der Waals surface area contributed by atoms with Gasteiger partial charge in [0.25, 0.3) is 0 Å². The molecule has 0 saturated heterocycles. The molecule has 1 aromatic carbocycles. The topological polar surface area (TPSA) is 78.5 Å². The summed E-state index contributed by atoms with van der Waals surface area (Å²) < 4.78 is 0. The van der Waals surface area contributed by atoms with Gasteiger partial charge in [-0.1, -0.05) is 19.1 Å². The van der Waals surface area contributed by atoms with Crippen molar-refractivity contribution in [2.45, 2.75) is 44.2 Å². The Morgan fingerprint density at radius 3 is 2.67 bits per heavy atom. The molecule has 0 saturated carbocycles. The Labute approximate surface area is 146 Å². The lowest BCUT2D eigenvalue weighted by molar-refractivity contribution is -0.128. The van der Waals surface area contributed by atoms with E-state index < -0.39 is 6.04 Å². The van der Waals surface area contributed by atoms with E-state index in [9.17, 15) is 14.4 Å². The third kappa shape index (κ3) is 4.50. The van der Waals surface area contributed by atoms with Gasteiger partial charge in [-0.2, -0.15) is 0 Å². The molecule has 1 aliphatic rings. The number of para-hydroxylation sites is 1. The van der Waals surface area contributed by atoms with Crippen LogP contribution >= 0.6 is 11.8 Å². The normalized spacial score (nSPS) is 16.1. The van der Waals surface area contributed by atoms with E-state index in [1.54, 1.807) is 6.92 Å². The summed E-state index contributed by atoms with van der Waals surface area (Å²) in [4.78, 5) is 38.8. The number of fused-ring (bicyclic) bond motifs is 1. The molecular formula is C17H23N3O3S. The minimum absolute atomic E-state index is 0.0597. The molecule has 0 bridgehead atoms. The highest BCUT2D eigenvalue weighted by molar-refractivity contribution is 8.00. The fourth-order valence-corrected chi connectivity index (χ4v) is 3.23. The quantitative estimate of drug-likeness (QED) is 0.817. The maximum Gasteiger partial charge on any atom is 0.242 e.